The molecule has 2 aliphatic rings. The van der Waals surface area contributed by atoms with Crippen LogP contribution < -0.4 is 10.7 Å². The summed E-state index contributed by atoms with van der Waals surface area (Å²) >= 11 is 0. The topological polar surface area (TPSA) is 90.9 Å². The third-order valence-electron chi connectivity index (χ3n) is 4.59. The maximum Gasteiger partial charge on any atom is 0.259 e. The average Bonchev–Trinajstić information content (AvgIpc) is 3.43. The number of nitrogens with one attached hydrogen (secondary N) is 2. The molecular weight excluding hydrogens is 310 g/mol. The van der Waals surface area contributed by atoms with Gasteiger partial charge in [-0.2, -0.15) is 0 Å². The third-order valence-corrected chi connectivity index (χ3v) is 4.59. The van der Waals surface area contributed by atoms with Crippen LogP contribution >= 0.6 is 0 Å². The minimum absolute atomic E-state index is 0.204. The van der Waals surface area contributed by atoms with Crippen LogP contribution in [0.2, 0.25) is 0 Å². The molecule has 1 aliphatic carbocycles. The van der Waals surface area contributed by atoms with Crippen LogP contribution in [0, 0.1) is 0 Å². The number of hydrogen-bond acceptors (Lipinski definition) is 5. The maximum absolute atomic E-state index is 12.7. The van der Waals surface area contributed by atoms with Crippen LogP contribution in [0.4, 0.5) is 0 Å². The van der Waals surface area contributed by atoms with E-state index < -0.39 is 24.0 Å². The summed E-state index contributed by atoms with van der Waals surface area (Å²) in [6.07, 6.45) is 1.51. The summed E-state index contributed by atoms with van der Waals surface area (Å²) in [5.41, 5.74) is 3.12. The first-order valence-electron chi connectivity index (χ1n) is 8.26. The van der Waals surface area contributed by atoms with Gasteiger partial charge in [-0.3, -0.25) is 15.0 Å². The highest BCUT2D eigenvalue weighted by Crippen LogP contribution is 2.48. The number of rotatable bonds is 6. The summed E-state index contributed by atoms with van der Waals surface area (Å²) in [7, 11) is 0. The number of ether oxygens (including phenoxy) is 1. The second-order valence-corrected chi connectivity index (χ2v) is 6.23. The van der Waals surface area contributed by atoms with Crippen LogP contribution in [-0.4, -0.2) is 60.9 Å². The van der Waals surface area contributed by atoms with E-state index in [4.69, 9.17) is 4.74 Å². The Morgan fingerprint density at radius 3 is 2.46 bits per heavy atom. The number of amides is 2. The Hall–Kier alpha value is -1.96. The number of carbonyl (C=O) groups is 2. The zero-order chi connectivity index (χ0) is 17.0. The molecule has 2 amide bonds. The maximum atomic E-state index is 12.7. The summed E-state index contributed by atoms with van der Waals surface area (Å²) in [5.74, 6) is -0.610. The Bertz CT molecular complexity index is 583. The number of benzene rings is 1. The molecule has 0 unspecified atom stereocenters. The lowest BCUT2D eigenvalue weighted by molar-refractivity contribution is -0.135. The van der Waals surface area contributed by atoms with Crippen LogP contribution in [0.25, 0.3) is 0 Å². The number of aliphatic hydroxyl groups is 1. The number of nitrogens with zero attached hydrogens (tertiary/aromatic N) is 1. The van der Waals surface area contributed by atoms with E-state index >= 15 is 0 Å². The molecule has 1 heterocycles. The van der Waals surface area contributed by atoms with Gasteiger partial charge < -0.3 is 15.2 Å². The second kappa shape index (κ2) is 7.29. The van der Waals surface area contributed by atoms with E-state index in [-0.39, 0.29) is 5.91 Å². The zero-order valence-corrected chi connectivity index (χ0v) is 13.5. The highest BCUT2D eigenvalue weighted by atomic mass is 16.5. The highest BCUT2D eigenvalue weighted by molar-refractivity contribution is 5.95. The van der Waals surface area contributed by atoms with Crippen molar-refractivity contribution in [2.24, 2.45) is 0 Å². The summed E-state index contributed by atoms with van der Waals surface area (Å²) in [6.45, 7) is 1.84. The molecule has 7 heteroatoms. The smallest absolute Gasteiger partial charge is 0.259 e. The quantitative estimate of drug-likeness (QED) is 0.656. The van der Waals surface area contributed by atoms with E-state index in [0.717, 1.165) is 18.4 Å². The Balaban J connectivity index is 1.60. The predicted molar refractivity (Wildman–Crippen MR) is 86.9 cm³/mol. The first-order valence-corrected chi connectivity index (χ1v) is 8.26. The summed E-state index contributed by atoms with van der Waals surface area (Å²) in [5, 5.41) is 14.0. The molecule has 130 valence electrons. The van der Waals surface area contributed by atoms with Crippen LogP contribution in [0.3, 0.4) is 0 Å². The van der Waals surface area contributed by atoms with Crippen LogP contribution in [0.15, 0.2) is 30.3 Å². The molecule has 1 aliphatic heterocycles. The van der Waals surface area contributed by atoms with Crippen molar-refractivity contribution >= 4 is 11.8 Å². The fourth-order valence-corrected chi connectivity index (χ4v) is 2.93. The zero-order valence-electron chi connectivity index (χ0n) is 13.5. The van der Waals surface area contributed by atoms with Crippen molar-refractivity contribution in [3.05, 3.63) is 35.9 Å². The lowest BCUT2D eigenvalue weighted by Gasteiger charge is -2.29. The van der Waals surface area contributed by atoms with Gasteiger partial charge in [0.05, 0.1) is 25.2 Å². The van der Waals surface area contributed by atoms with E-state index in [2.05, 4.69) is 10.7 Å². The van der Waals surface area contributed by atoms with Crippen molar-refractivity contribution in [2.45, 2.75) is 24.3 Å². The molecule has 24 heavy (non-hydrogen) atoms. The predicted octanol–water partition coefficient (Wildman–Crippen LogP) is -0.441. The van der Waals surface area contributed by atoms with Gasteiger partial charge in [-0.15, -0.1) is 0 Å². The van der Waals surface area contributed by atoms with Crippen molar-refractivity contribution in [2.75, 3.05) is 32.9 Å². The monoisotopic (exact) mass is 333 g/mol. The summed E-state index contributed by atoms with van der Waals surface area (Å²) in [6, 6.07) is 8.60. The molecule has 7 nitrogen and oxygen atoms in total. The van der Waals surface area contributed by atoms with E-state index in [1.807, 2.05) is 30.3 Å². The number of hydrazine groups is 1. The Labute approximate surface area is 140 Å². The van der Waals surface area contributed by atoms with Crippen molar-refractivity contribution in [3.63, 3.8) is 0 Å². The van der Waals surface area contributed by atoms with E-state index in [1.165, 1.54) is 0 Å². The largest absolute Gasteiger partial charge is 0.394 e. The van der Waals surface area contributed by atoms with Crippen molar-refractivity contribution in [1.82, 2.24) is 15.8 Å². The molecular formula is C17H23N3O4. The molecule has 3 N–H and O–H groups in total. The number of morpholine rings is 1. The van der Waals surface area contributed by atoms with Gasteiger partial charge in [-0.1, -0.05) is 30.3 Å². The van der Waals surface area contributed by atoms with Crippen molar-refractivity contribution in [1.29, 1.82) is 0 Å². The number of hydrogen-bond donors (Lipinski definition) is 3. The van der Waals surface area contributed by atoms with Crippen LogP contribution in [0.1, 0.15) is 18.4 Å². The second-order valence-electron chi connectivity index (χ2n) is 6.23. The molecule has 0 bridgehead atoms. The van der Waals surface area contributed by atoms with Gasteiger partial charge in [-0.25, -0.2) is 5.01 Å². The number of carbonyl (C=O) groups excluding carboxylic acids is 2. The van der Waals surface area contributed by atoms with E-state index in [9.17, 15) is 14.7 Å². The first-order chi connectivity index (χ1) is 11.7. The Kier molecular flexibility index (Phi) is 5.13. The molecule has 0 radical (unpaired) electrons. The highest BCUT2D eigenvalue weighted by Gasteiger charge is 2.51. The van der Waals surface area contributed by atoms with Gasteiger partial charge in [0.15, 0.2) is 0 Å². The minimum Gasteiger partial charge on any atom is -0.394 e. The van der Waals surface area contributed by atoms with E-state index in [1.54, 1.807) is 5.01 Å². The fraction of sp³-hybridized carbons (Fsp3) is 0.529. The van der Waals surface area contributed by atoms with Gasteiger partial charge in [0, 0.05) is 13.1 Å². The summed E-state index contributed by atoms with van der Waals surface area (Å²) < 4.78 is 5.22. The van der Waals surface area contributed by atoms with Crippen LogP contribution in [-0.2, 0) is 19.7 Å². The SMILES string of the molecule is O=C(NN1CCOCC1)[C@H](CO)NC(=O)C1(c2ccccc2)CC1. The van der Waals surface area contributed by atoms with Gasteiger partial charge >= 0.3 is 0 Å². The lowest BCUT2D eigenvalue weighted by Crippen LogP contribution is -2.57. The Morgan fingerprint density at radius 1 is 1.21 bits per heavy atom. The van der Waals surface area contributed by atoms with Gasteiger partial charge in [0.25, 0.3) is 5.91 Å². The molecule has 1 atom stereocenters. The van der Waals surface area contributed by atoms with Crippen molar-refractivity contribution in [3.8, 4) is 0 Å². The molecule has 0 aromatic heterocycles. The Morgan fingerprint density at radius 2 is 1.88 bits per heavy atom. The van der Waals surface area contributed by atoms with Gasteiger partial charge in [-0.05, 0) is 18.4 Å². The standard InChI is InChI=1S/C17H23N3O4/c21-12-14(15(22)19-20-8-10-24-11-9-20)18-16(23)17(6-7-17)13-4-2-1-3-5-13/h1-5,14,21H,6-12H2,(H,18,23)(H,19,22)/t14-/m0/s1. The van der Waals surface area contributed by atoms with Crippen LogP contribution in [0.5, 0.6) is 0 Å². The minimum atomic E-state index is -0.957. The normalized spacial score (nSPS) is 20.9. The molecule has 2 fully saturated rings. The molecule has 1 aromatic rings. The molecule has 3 rings (SSSR count). The summed E-state index contributed by atoms with van der Waals surface area (Å²) in [4.78, 5) is 25.0. The van der Waals surface area contributed by atoms with Gasteiger partial charge in [0.2, 0.25) is 5.91 Å². The fourth-order valence-electron chi connectivity index (χ4n) is 2.93. The van der Waals surface area contributed by atoms with Crippen molar-refractivity contribution < 1.29 is 19.4 Å². The number of aliphatic hydroxyl groups excluding tert-OH is 1. The third kappa shape index (κ3) is 3.58. The molecule has 0 spiro atoms. The lowest BCUT2D eigenvalue weighted by atomic mass is 9.94. The molecule has 1 aromatic carbocycles. The molecule has 1 saturated heterocycles. The average molecular weight is 333 g/mol. The first kappa shape index (κ1) is 16.9. The van der Waals surface area contributed by atoms with Gasteiger partial charge in [0.1, 0.15) is 6.04 Å². The van der Waals surface area contributed by atoms with E-state index in [0.29, 0.717) is 26.3 Å². The molecule has 1 saturated carbocycles.